The Hall–Kier alpha value is -1.75. The minimum absolute atomic E-state index is 0.133. The molecule has 0 rings (SSSR count). The van der Waals surface area contributed by atoms with Crippen molar-refractivity contribution in [2.75, 3.05) is 26.2 Å². The van der Waals surface area contributed by atoms with Crippen LogP contribution < -0.4 is 5.32 Å². The molecule has 2 N–H and O–H groups in total. The molecular formula is C9H11F3N2O3. The van der Waals surface area contributed by atoms with Gasteiger partial charge in [0.2, 0.25) is 5.91 Å². The smallest absolute Gasteiger partial charge is 0.405 e. The molecule has 0 saturated carbocycles. The Balaban J connectivity index is 4.13. The normalized spacial score (nSPS) is 11.0. The van der Waals surface area contributed by atoms with Crippen molar-refractivity contribution < 1.29 is 27.9 Å². The van der Waals surface area contributed by atoms with E-state index in [-0.39, 0.29) is 6.54 Å². The van der Waals surface area contributed by atoms with Crippen LogP contribution in [0.4, 0.5) is 13.2 Å². The van der Waals surface area contributed by atoms with E-state index in [0.29, 0.717) is 0 Å². The molecule has 0 saturated heterocycles. The Morgan fingerprint density at radius 3 is 2.35 bits per heavy atom. The first kappa shape index (κ1) is 15.2. The third kappa shape index (κ3) is 9.19. The number of amides is 1. The molecule has 0 unspecified atom stereocenters. The Morgan fingerprint density at radius 2 is 1.94 bits per heavy atom. The summed E-state index contributed by atoms with van der Waals surface area (Å²) in [5, 5.41) is 10.1. The molecule has 0 heterocycles. The highest BCUT2D eigenvalue weighted by Gasteiger charge is 2.28. The van der Waals surface area contributed by atoms with Crippen LogP contribution in [0.2, 0.25) is 0 Å². The average Bonchev–Trinajstić information content (AvgIpc) is 2.13. The summed E-state index contributed by atoms with van der Waals surface area (Å²) >= 11 is 0. The lowest BCUT2D eigenvalue weighted by Gasteiger charge is -2.17. The molecule has 0 aromatic carbocycles. The van der Waals surface area contributed by atoms with Crippen LogP contribution >= 0.6 is 0 Å². The van der Waals surface area contributed by atoms with Crippen LogP contribution in [0, 0.1) is 12.3 Å². The zero-order valence-corrected chi connectivity index (χ0v) is 8.75. The van der Waals surface area contributed by atoms with Gasteiger partial charge >= 0.3 is 12.1 Å². The van der Waals surface area contributed by atoms with Gasteiger partial charge in [-0.05, 0) is 0 Å². The molecule has 0 aliphatic heterocycles. The minimum atomic E-state index is -4.50. The zero-order valence-electron chi connectivity index (χ0n) is 8.75. The third-order valence-corrected chi connectivity index (χ3v) is 1.53. The number of carbonyl (C=O) groups is 2. The fraction of sp³-hybridized carbons (Fsp3) is 0.556. The van der Waals surface area contributed by atoms with E-state index >= 15 is 0 Å². The highest BCUT2D eigenvalue weighted by Crippen LogP contribution is 2.11. The van der Waals surface area contributed by atoms with Gasteiger partial charge in [0.25, 0.3) is 0 Å². The summed E-state index contributed by atoms with van der Waals surface area (Å²) in [6.45, 7) is -2.59. The van der Waals surface area contributed by atoms with Gasteiger partial charge < -0.3 is 10.4 Å². The van der Waals surface area contributed by atoms with Crippen molar-refractivity contribution in [3.63, 3.8) is 0 Å². The standard InChI is InChI=1S/C9H11F3N2O3/c1-2-3-14(5-8(16)17)4-7(15)13-6-9(10,11)12/h1H,3-6H2,(H,13,15)(H,16,17). The van der Waals surface area contributed by atoms with E-state index in [0.717, 1.165) is 4.90 Å². The summed E-state index contributed by atoms with van der Waals surface area (Å²) in [6, 6.07) is 0. The van der Waals surface area contributed by atoms with Crippen molar-refractivity contribution in [2.24, 2.45) is 0 Å². The number of halogens is 3. The molecule has 0 aliphatic carbocycles. The van der Waals surface area contributed by atoms with Crippen LogP contribution in [-0.4, -0.2) is 54.2 Å². The number of nitrogens with zero attached hydrogens (tertiary/aromatic N) is 1. The molecule has 1 amide bonds. The van der Waals surface area contributed by atoms with Gasteiger partial charge in [-0.1, -0.05) is 5.92 Å². The number of alkyl halides is 3. The van der Waals surface area contributed by atoms with Crippen LogP contribution in [0.15, 0.2) is 0 Å². The number of rotatable bonds is 6. The van der Waals surface area contributed by atoms with Crippen molar-refractivity contribution in [1.29, 1.82) is 0 Å². The number of terminal acetylenes is 1. The van der Waals surface area contributed by atoms with Crippen LogP contribution in [-0.2, 0) is 9.59 Å². The predicted octanol–water partition coefficient (Wildman–Crippen LogP) is -0.315. The lowest BCUT2D eigenvalue weighted by Crippen LogP contribution is -2.42. The molecule has 17 heavy (non-hydrogen) atoms. The predicted molar refractivity (Wildman–Crippen MR) is 52.0 cm³/mol. The van der Waals surface area contributed by atoms with Gasteiger partial charge in [-0.25, -0.2) is 0 Å². The van der Waals surface area contributed by atoms with Gasteiger partial charge in [0.05, 0.1) is 19.6 Å². The molecule has 0 bridgehead atoms. The molecule has 0 aliphatic rings. The summed E-state index contributed by atoms with van der Waals surface area (Å²) < 4.78 is 35.3. The van der Waals surface area contributed by atoms with Gasteiger partial charge in [0.15, 0.2) is 0 Å². The molecule has 96 valence electrons. The van der Waals surface area contributed by atoms with Crippen molar-refractivity contribution in [3.05, 3.63) is 0 Å². The second kappa shape index (κ2) is 6.75. The summed E-state index contributed by atoms with van der Waals surface area (Å²) in [7, 11) is 0. The maximum absolute atomic E-state index is 11.8. The number of carbonyl (C=O) groups excluding carboxylic acids is 1. The van der Waals surface area contributed by atoms with E-state index in [4.69, 9.17) is 11.5 Å². The van der Waals surface area contributed by atoms with E-state index in [1.165, 1.54) is 0 Å². The monoisotopic (exact) mass is 252 g/mol. The number of hydrogen-bond acceptors (Lipinski definition) is 3. The Kier molecular flexibility index (Phi) is 6.06. The van der Waals surface area contributed by atoms with E-state index in [9.17, 15) is 22.8 Å². The Morgan fingerprint density at radius 1 is 1.35 bits per heavy atom. The summed E-state index contributed by atoms with van der Waals surface area (Å²) in [5.74, 6) is -0.0390. The highest BCUT2D eigenvalue weighted by molar-refractivity contribution is 5.79. The second-order valence-corrected chi connectivity index (χ2v) is 3.13. The van der Waals surface area contributed by atoms with E-state index in [2.05, 4.69) is 5.92 Å². The van der Waals surface area contributed by atoms with Crippen LogP contribution in [0.25, 0.3) is 0 Å². The molecule has 0 spiro atoms. The molecule has 5 nitrogen and oxygen atoms in total. The number of carboxylic acid groups (broad SMARTS) is 1. The largest absolute Gasteiger partial charge is 0.480 e. The summed E-state index contributed by atoms with van der Waals surface area (Å²) in [5.41, 5.74) is 0. The van der Waals surface area contributed by atoms with Crippen molar-refractivity contribution in [3.8, 4) is 12.3 Å². The Labute approximate surface area is 95.6 Å². The highest BCUT2D eigenvalue weighted by atomic mass is 19.4. The summed E-state index contributed by atoms with van der Waals surface area (Å²) in [6.07, 6.45) is 0.427. The maximum atomic E-state index is 11.8. The second-order valence-electron chi connectivity index (χ2n) is 3.13. The third-order valence-electron chi connectivity index (χ3n) is 1.53. The number of nitrogens with one attached hydrogen (secondary N) is 1. The number of carboxylic acids is 1. The quantitative estimate of drug-likeness (QED) is 0.636. The van der Waals surface area contributed by atoms with Gasteiger partial charge in [-0.3, -0.25) is 14.5 Å². The molecular weight excluding hydrogens is 241 g/mol. The van der Waals surface area contributed by atoms with Crippen molar-refractivity contribution in [1.82, 2.24) is 10.2 Å². The van der Waals surface area contributed by atoms with Gasteiger partial charge in [0.1, 0.15) is 6.54 Å². The zero-order chi connectivity index (χ0) is 13.5. The molecule has 0 atom stereocenters. The van der Waals surface area contributed by atoms with Crippen molar-refractivity contribution >= 4 is 11.9 Å². The molecule has 0 aromatic heterocycles. The van der Waals surface area contributed by atoms with Gasteiger partial charge in [0, 0.05) is 0 Å². The van der Waals surface area contributed by atoms with Crippen LogP contribution in [0.3, 0.4) is 0 Å². The lowest BCUT2D eigenvalue weighted by molar-refractivity contribution is -0.141. The van der Waals surface area contributed by atoms with Gasteiger partial charge in [-0.15, -0.1) is 6.42 Å². The molecule has 0 aromatic rings. The maximum Gasteiger partial charge on any atom is 0.405 e. The fourth-order valence-electron chi connectivity index (χ4n) is 0.946. The van der Waals surface area contributed by atoms with E-state index in [1.54, 1.807) is 5.32 Å². The number of hydrogen-bond donors (Lipinski definition) is 2. The first-order valence-electron chi connectivity index (χ1n) is 4.45. The lowest BCUT2D eigenvalue weighted by atomic mass is 10.4. The van der Waals surface area contributed by atoms with Crippen LogP contribution in [0.5, 0.6) is 0 Å². The first-order chi connectivity index (χ1) is 7.74. The average molecular weight is 252 g/mol. The molecule has 0 radical (unpaired) electrons. The minimum Gasteiger partial charge on any atom is -0.480 e. The van der Waals surface area contributed by atoms with Crippen molar-refractivity contribution in [2.45, 2.75) is 6.18 Å². The SMILES string of the molecule is C#CCN(CC(=O)O)CC(=O)NCC(F)(F)F. The summed E-state index contributed by atoms with van der Waals surface area (Å²) in [4.78, 5) is 22.4. The fourth-order valence-corrected chi connectivity index (χ4v) is 0.946. The van der Waals surface area contributed by atoms with Crippen LogP contribution in [0.1, 0.15) is 0 Å². The van der Waals surface area contributed by atoms with Gasteiger partial charge in [-0.2, -0.15) is 13.2 Å². The van der Waals surface area contributed by atoms with E-state index in [1.807, 2.05) is 0 Å². The number of aliphatic carboxylic acids is 1. The molecule has 8 heteroatoms. The first-order valence-corrected chi connectivity index (χ1v) is 4.45. The topological polar surface area (TPSA) is 69.6 Å². The Bertz CT molecular complexity index is 322. The molecule has 0 fully saturated rings. The van der Waals surface area contributed by atoms with E-state index < -0.39 is 37.7 Å².